The summed E-state index contributed by atoms with van der Waals surface area (Å²) in [5.74, 6) is 1.77. The van der Waals surface area contributed by atoms with E-state index in [1.54, 1.807) is 18.8 Å². The molecule has 1 amide bonds. The summed E-state index contributed by atoms with van der Waals surface area (Å²) in [7, 11) is 3.23. The molecule has 0 unspecified atom stereocenters. The highest BCUT2D eigenvalue weighted by Gasteiger charge is 2.15. The zero-order valence-corrected chi connectivity index (χ0v) is 19.3. The molecule has 0 saturated heterocycles. The lowest BCUT2D eigenvalue weighted by Gasteiger charge is -2.08. The standard InChI is InChI=1S/C22H21N5O3S2/c1-13-4-9-18(30-3)16(10-13)17-12-32-21(23-17)24-19(28)11-27-20(25-26-22(27)31)14-5-7-15(29-2)8-6-14/h4-10,12H,11H2,1-3H3,(H,26,31)(H,23,24,28). The fourth-order valence-electron chi connectivity index (χ4n) is 3.20. The summed E-state index contributed by atoms with van der Waals surface area (Å²) in [5, 5.41) is 12.3. The Hall–Kier alpha value is -3.50. The highest BCUT2D eigenvalue weighted by molar-refractivity contribution is 7.71. The zero-order chi connectivity index (χ0) is 22.7. The molecule has 2 N–H and O–H groups in total. The molecule has 0 bridgehead atoms. The first-order chi connectivity index (χ1) is 15.5. The van der Waals surface area contributed by atoms with Gasteiger partial charge in [0.05, 0.1) is 19.9 Å². The van der Waals surface area contributed by atoms with Gasteiger partial charge in [0, 0.05) is 16.5 Å². The Balaban J connectivity index is 1.52. The normalized spacial score (nSPS) is 10.7. The Morgan fingerprint density at radius 3 is 2.69 bits per heavy atom. The summed E-state index contributed by atoms with van der Waals surface area (Å²) < 4.78 is 12.6. The van der Waals surface area contributed by atoms with Gasteiger partial charge in [-0.15, -0.1) is 11.3 Å². The van der Waals surface area contributed by atoms with Crippen LogP contribution in [0.25, 0.3) is 22.6 Å². The van der Waals surface area contributed by atoms with Gasteiger partial charge in [0.1, 0.15) is 18.0 Å². The van der Waals surface area contributed by atoms with Crippen LogP contribution in [0.15, 0.2) is 47.8 Å². The first kappa shape index (κ1) is 21.7. The van der Waals surface area contributed by atoms with Crippen molar-refractivity contribution in [2.24, 2.45) is 0 Å². The number of rotatable bonds is 7. The fraction of sp³-hybridized carbons (Fsp3) is 0.182. The van der Waals surface area contributed by atoms with Crippen molar-refractivity contribution in [3.63, 3.8) is 0 Å². The molecule has 10 heteroatoms. The van der Waals surface area contributed by atoms with Crippen LogP contribution in [-0.4, -0.2) is 39.9 Å². The van der Waals surface area contributed by atoms with Crippen molar-refractivity contribution >= 4 is 34.6 Å². The predicted octanol–water partition coefficient (Wildman–Crippen LogP) is 4.70. The average molecular weight is 468 g/mol. The van der Waals surface area contributed by atoms with Gasteiger partial charge in [-0.2, -0.15) is 5.10 Å². The fourth-order valence-corrected chi connectivity index (χ4v) is 4.13. The number of ether oxygens (including phenoxy) is 2. The highest BCUT2D eigenvalue weighted by atomic mass is 32.1. The van der Waals surface area contributed by atoms with Crippen LogP contribution in [-0.2, 0) is 11.3 Å². The molecule has 2 heterocycles. The van der Waals surface area contributed by atoms with E-state index >= 15 is 0 Å². The summed E-state index contributed by atoms with van der Waals surface area (Å²) in [5.41, 5.74) is 3.53. The number of H-pyrrole nitrogens is 1. The molecular formula is C22H21N5O3S2. The number of hydrogen-bond donors (Lipinski definition) is 2. The van der Waals surface area contributed by atoms with Crippen LogP contribution < -0.4 is 14.8 Å². The number of benzene rings is 2. The predicted molar refractivity (Wildman–Crippen MR) is 127 cm³/mol. The van der Waals surface area contributed by atoms with Gasteiger partial charge in [0.25, 0.3) is 0 Å². The second-order valence-electron chi connectivity index (χ2n) is 6.96. The second kappa shape index (κ2) is 9.33. The summed E-state index contributed by atoms with van der Waals surface area (Å²) in [6, 6.07) is 13.3. The third-order valence-electron chi connectivity index (χ3n) is 4.79. The number of aryl methyl sites for hydroxylation is 1. The van der Waals surface area contributed by atoms with Gasteiger partial charge >= 0.3 is 0 Å². The molecule has 4 rings (SSSR count). The van der Waals surface area contributed by atoms with Crippen LogP contribution in [0.1, 0.15) is 5.56 Å². The van der Waals surface area contributed by atoms with E-state index in [1.807, 2.05) is 54.8 Å². The van der Waals surface area contributed by atoms with Crippen molar-refractivity contribution in [3.8, 4) is 34.1 Å². The summed E-state index contributed by atoms with van der Waals surface area (Å²) in [4.78, 5) is 17.3. The third-order valence-corrected chi connectivity index (χ3v) is 5.86. The smallest absolute Gasteiger partial charge is 0.246 e. The Morgan fingerprint density at radius 1 is 1.19 bits per heavy atom. The van der Waals surface area contributed by atoms with Crippen LogP contribution in [0.4, 0.5) is 5.13 Å². The molecule has 164 valence electrons. The van der Waals surface area contributed by atoms with Crippen LogP contribution in [0.3, 0.4) is 0 Å². The molecule has 0 aliphatic carbocycles. The first-order valence-electron chi connectivity index (χ1n) is 9.68. The van der Waals surface area contributed by atoms with Crippen LogP contribution >= 0.6 is 23.6 Å². The van der Waals surface area contributed by atoms with Crippen molar-refractivity contribution in [1.82, 2.24) is 19.7 Å². The Labute approximate surface area is 193 Å². The summed E-state index contributed by atoms with van der Waals surface area (Å²) >= 11 is 6.67. The maximum Gasteiger partial charge on any atom is 0.246 e. The average Bonchev–Trinajstić information content (AvgIpc) is 3.40. The number of hydrogen-bond acceptors (Lipinski definition) is 7. The number of carbonyl (C=O) groups excluding carboxylic acids is 1. The molecule has 8 nitrogen and oxygen atoms in total. The van der Waals surface area contributed by atoms with Crippen molar-refractivity contribution in [3.05, 3.63) is 58.2 Å². The number of thiazole rings is 1. The molecule has 2 aromatic heterocycles. The molecule has 0 saturated carbocycles. The molecule has 32 heavy (non-hydrogen) atoms. The topological polar surface area (TPSA) is 94.1 Å². The van der Waals surface area contributed by atoms with Gasteiger partial charge in [-0.3, -0.25) is 14.5 Å². The lowest BCUT2D eigenvalue weighted by atomic mass is 10.1. The molecule has 2 aromatic carbocycles. The number of carbonyl (C=O) groups is 1. The molecule has 4 aromatic rings. The van der Waals surface area contributed by atoms with Crippen LogP contribution in [0, 0.1) is 11.7 Å². The number of methoxy groups -OCH3 is 2. The molecule has 0 aliphatic rings. The van der Waals surface area contributed by atoms with E-state index in [4.69, 9.17) is 21.7 Å². The van der Waals surface area contributed by atoms with Gasteiger partial charge in [-0.25, -0.2) is 4.98 Å². The minimum atomic E-state index is -0.255. The van der Waals surface area contributed by atoms with E-state index in [0.717, 1.165) is 33.9 Å². The number of aromatic nitrogens is 4. The number of aromatic amines is 1. The van der Waals surface area contributed by atoms with Crippen molar-refractivity contribution in [2.45, 2.75) is 13.5 Å². The van der Waals surface area contributed by atoms with E-state index in [9.17, 15) is 4.79 Å². The van der Waals surface area contributed by atoms with Crippen molar-refractivity contribution in [1.29, 1.82) is 0 Å². The lowest BCUT2D eigenvalue weighted by molar-refractivity contribution is -0.116. The van der Waals surface area contributed by atoms with E-state index in [2.05, 4.69) is 20.5 Å². The Bertz CT molecular complexity index is 1310. The molecule has 0 atom stereocenters. The first-order valence-corrected chi connectivity index (χ1v) is 11.0. The number of amides is 1. The van der Waals surface area contributed by atoms with E-state index in [-0.39, 0.29) is 12.5 Å². The molecule has 0 spiro atoms. The monoisotopic (exact) mass is 467 g/mol. The lowest BCUT2D eigenvalue weighted by Crippen LogP contribution is -2.19. The SMILES string of the molecule is COc1ccc(-c2n[nH]c(=S)n2CC(=O)Nc2nc(-c3cc(C)ccc3OC)cs2)cc1. The van der Waals surface area contributed by atoms with Gasteiger partial charge in [-0.1, -0.05) is 11.6 Å². The quantitative estimate of drug-likeness (QED) is 0.383. The Morgan fingerprint density at radius 2 is 1.97 bits per heavy atom. The summed E-state index contributed by atoms with van der Waals surface area (Å²) in [6.07, 6.45) is 0. The second-order valence-corrected chi connectivity index (χ2v) is 8.20. The van der Waals surface area contributed by atoms with Crippen molar-refractivity contribution < 1.29 is 14.3 Å². The minimum absolute atomic E-state index is 0.000620. The largest absolute Gasteiger partial charge is 0.497 e. The van der Waals surface area contributed by atoms with Crippen LogP contribution in [0.2, 0.25) is 0 Å². The number of nitrogens with one attached hydrogen (secondary N) is 2. The molecule has 0 radical (unpaired) electrons. The maximum absolute atomic E-state index is 12.7. The van der Waals surface area contributed by atoms with Crippen molar-refractivity contribution in [2.75, 3.05) is 19.5 Å². The van der Waals surface area contributed by atoms with Gasteiger partial charge < -0.3 is 14.8 Å². The third kappa shape index (κ3) is 4.56. The molecular weight excluding hydrogens is 446 g/mol. The van der Waals surface area contributed by atoms with Crippen LogP contribution in [0.5, 0.6) is 11.5 Å². The molecule has 0 aliphatic heterocycles. The van der Waals surface area contributed by atoms with E-state index in [1.165, 1.54) is 11.3 Å². The summed E-state index contributed by atoms with van der Waals surface area (Å²) in [6.45, 7) is 2.01. The van der Waals surface area contributed by atoms with E-state index in [0.29, 0.717) is 15.7 Å². The maximum atomic E-state index is 12.7. The number of anilines is 1. The van der Waals surface area contributed by atoms with E-state index < -0.39 is 0 Å². The molecule has 0 fully saturated rings. The van der Waals surface area contributed by atoms with Gasteiger partial charge in [0.2, 0.25) is 5.91 Å². The highest BCUT2D eigenvalue weighted by Crippen LogP contribution is 2.33. The van der Waals surface area contributed by atoms with Gasteiger partial charge in [0.15, 0.2) is 15.7 Å². The Kier molecular flexibility index (Phi) is 6.33. The zero-order valence-electron chi connectivity index (χ0n) is 17.7. The van der Waals surface area contributed by atoms with Gasteiger partial charge in [-0.05, 0) is 55.5 Å². The minimum Gasteiger partial charge on any atom is -0.497 e. The number of nitrogens with zero attached hydrogens (tertiary/aromatic N) is 3.